The van der Waals surface area contributed by atoms with Crippen molar-refractivity contribution >= 4 is 11.8 Å². The maximum Gasteiger partial charge on any atom is 0.0721 e. The summed E-state index contributed by atoms with van der Waals surface area (Å²) in [6, 6.07) is 0. The summed E-state index contributed by atoms with van der Waals surface area (Å²) in [5, 5.41) is 20.7. The second kappa shape index (κ2) is 12.5. The molecule has 0 unspecified atom stereocenters. The van der Waals surface area contributed by atoms with Crippen molar-refractivity contribution in [2.45, 2.75) is 64.1 Å². The molecule has 0 bridgehead atoms. The Morgan fingerprint density at radius 1 is 1.28 bits per heavy atom. The van der Waals surface area contributed by atoms with Gasteiger partial charge in [-0.2, -0.15) is 11.8 Å². The van der Waals surface area contributed by atoms with Crippen LogP contribution in [0.15, 0.2) is 23.8 Å². The normalized spacial score (nSPS) is 31.3. The van der Waals surface area contributed by atoms with Gasteiger partial charge >= 0.3 is 0 Å². The largest absolute Gasteiger partial charge is 0.392 e. The predicted molar refractivity (Wildman–Crippen MR) is 122 cm³/mol. The lowest BCUT2D eigenvalue weighted by Gasteiger charge is -2.26. The van der Waals surface area contributed by atoms with Crippen molar-refractivity contribution in [3.8, 4) is 0 Å². The minimum absolute atomic E-state index is 0.212. The van der Waals surface area contributed by atoms with E-state index in [0.29, 0.717) is 11.8 Å². The summed E-state index contributed by atoms with van der Waals surface area (Å²) in [5.41, 5.74) is 1.59. The molecule has 0 spiro atoms. The van der Waals surface area contributed by atoms with Gasteiger partial charge in [-0.1, -0.05) is 50.0 Å². The number of allylic oxidation sites excluding steroid dienone is 2. The van der Waals surface area contributed by atoms with Crippen LogP contribution >= 0.6 is 11.8 Å². The molecule has 1 aliphatic heterocycles. The Kier molecular flexibility index (Phi) is 10.1. The first-order valence-electron chi connectivity index (χ1n) is 11.8. The van der Waals surface area contributed by atoms with Crippen molar-refractivity contribution in [3.63, 3.8) is 0 Å². The summed E-state index contributed by atoms with van der Waals surface area (Å²) in [6.45, 7) is 7.30. The van der Waals surface area contributed by atoms with E-state index in [1.54, 1.807) is 5.57 Å². The quantitative estimate of drug-likeness (QED) is 0.368. The molecule has 2 aliphatic carbocycles. The molecule has 166 valence electrons. The highest BCUT2D eigenvalue weighted by atomic mass is 32.2. The smallest absolute Gasteiger partial charge is 0.0721 e. The molecule has 3 rings (SSSR count). The highest BCUT2D eigenvalue weighted by molar-refractivity contribution is 7.99. The average Bonchev–Trinajstić information content (AvgIpc) is 3.23. The minimum Gasteiger partial charge on any atom is -0.392 e. The molecule has 2 fully saturated rings. The predicted octanol–water partition coefficient (Wildman–Crippen LogP) is 3.88. The zero-order chi connectivity index (χ0) is 20.5. The molecule has 0 amide bonds. The summed E-state index contributed by atoms with van der Waals surface area (Å²) in [6.07, 6.45) is 13.4. The van der Waals surface area contributed by atoms with Gasteiger partial charge in [0.1, 0.15) is 0 Å². The van der Waals surface area contributed by atoms with E-state index in [-0.39, 0.29) is 18.1 Å². The van der Waals surface area contributed by atoms with Crippen LogP contribution in [0.5, 0.6) is 0 Å². The zero-order valence-corrected chi connectivity index (χ0v) is 19.0. The van der Waals surface area contributed by atoms with Crippen LogP contribution in [0.3, 0.4) is 0 Å². The fourth-order valence-corrected chi connectivity index (χ4v) is 6.07. The van der Waals surface area contributed by atoms with Crippen LogP contribution in [0, 0.1) is 17.8 Å². The Balaban J connectivity index is 1.34. The molecule has 1 heterocycles. The highest BCUT2D eigenvalue weighted by Crippen LogP contribution is 2.48. The number of aliphatic hydroxyl groups excluding tert-OH is 2. The van der Waals surface area contributed by atoms with Crippen LogP contribution in [0.25, 0.3) is 0 Å². The average molecular weight is 424 g/mol. The standard InChI is InChI=1S/C24H41NO3S/c1-2-3-4-5-21(26)6-7-22-23-17-19(16-20(23)18-24(22)27)8-14-29-15-11-25-9-12-28-13-10-25/h6-7,16,20-24,26-27H,2-5,8-15,17-18H2,1H3/t20-,21-,22+,23-,24+/m0/s1. The van der Waals surface area contributed by atoms with E-state index in [4.69, 9.17) is 4.74 Å². The van der Waals surface area contributed by atoms with E-state index >= 15 is 0 Å². The molecule has 5 atom stereocenters. The Hall–Kier alpha value is -0.330. The van der Waals surface area contributed by atoms with Crippen molar-refractivity contribution in [1.82, 2.24) is 4.90 Å². The molecule has 0 radical (unpaired) electrons. The van der Waals surface area contributed by atoms with Gasteiger partial charge in [0.05, 0.1) is 25.4 Å². The summed E-state index contributed by atoms with van der Waals surface area (Å²) in [5.74, 6) is 3.70. The third kappa shape index (κ3) is 7.39. The fourth-order valence-electron chi connectivity index (χ4n) is 5.07. The summed E-state index contributed by atoms with van der Waals surface area (Å²) in [7, 11) is 0. The topological polar surface area (TPSA) is 52.9 Å². The molecular formula is C24H41NO3S. The number of aliphatic hydroxyl groups is 2. The number of hydrogen-bond donors (Lipinski definition) is 2. The molecule has 29 heavy (non-hydrogen) atoms. The summed E-state index contributed by atoms with van der Waals surface area (Å²) >= 11 is 2.07. The summed E-state index contributed by atoms with van der Waals surface area (Å²) in [4.78, 5) is 2.50. The molecule has 3 aliphatic rings. The van der Waals surface area contributed by atoms with E-state index in [1.165, 1.54) is 37.3 Å². The monoisotopic (exact) mass is 423 g/mol. The highest BCUT2D eigenvalue weighted by Gasteiger charge is 2.43. The number of ether oxygens (including phenoxy) is 1. The molecular weight excluding hydrogens is 382 g/mol. The molecule has 1 saturated heterocycles. The van der Waals surface area contributed by atoms with E-state index in [2.05, 4.69) is 35.7 Å². The van der Waals surface area contributed by atoms with Crippen LogP contribution in [-0.4, -0.2) is 71.7 Å². The van der Waals surface area contributed by atoms with Gasteiger partial charge in [-0.25, -0.2) is 0 Å². The van der Waals surface area contributed by atoms with Gasteiger partial charge in [0.2, 0.25) is 0 Å². The van der Waals surface area contributed by atoms with Crippen LogP contribution in [0.2, 0.25) is 0 Å². The van der Waals surface area contributed by atoms with Crippen molar-refractivity contribution in [1.29, 1.82) is 0 Å². The molecule has 4 nitrogen and oxygen atoms in total. The van der Waals surface area contributed by atoms with Crippen molar-refractivity contribution in [3.05, 3.63) is 23.8 Å². The first-order valence-corrected chi connectivity index (χ1v) is 12.9. The number of rotatable bonds is 12. The van der Waals surface area contributed by atoms with Crippen molar-refractivity contribution in [2.75, 3.05) is 44.4 Å². The van der Waals surface area contributed by atoms with Crippen LogP contribution < -0.4 is 0 Å². The Morgan fingerprint density at radius 3 is 2.90 bits per heavy atom. The third-order valence-electron chi connectivity index (χ3n) is 6.83. The zero-order valence-electron chi connectivity index (χ0n) is 18.2. The maximum absolute atomic E-state index is 10.5. The molecule has 2 N–H and O–H groups in total. The van der Waals surface area contributed by atoms with E-state index < -0.39 is 0 Å². The van der Waals surface area contributed by atoms with Crippen molar-refractivity contribution < 1.29 is 14.9 Å². The lowest BCUT2D eigenvalue weighted by Crippen LogP contribution is -2.37. The van der Waals surface area contributed by atoms with Gasteiger partial charge < -0.3 is 14.9 Å². The van der Waals surface area contributed by atoms with Gasteiger partial charge in [-0.15, -0.1) is 0 Å². The van der Waals surface area contributed by atoms with Gasteiger partial charge in [0.25, 0.3) is 0 Å². The number of thioether (sulfide) groups is 1. The van der Waals surface area contributed by atoms with Gasteiger partial charge in [0.15, 0.2) is 0 Å². The lowest BCUT2D eigenvalue weighted by molar-refractivity contribution is 0.0410. The first-order chi connectivity index (χ1) is 14.2. The van der Waals surface area contributed by atoms with E-state index in [1.807, 2.05) is 6.08 Å². The molecule has 0 aromatic carbocycles. The Morgan fingerprint density at radius 2 is 2.10 bits per heavy atom. The second-order valence-electron chi connectivity index (χ2n) is 9.00. The molecule has 5 heteroatoms. The number of fused-ring (bicyclic) bond motifs is 1. The van der Waals surface area contributed by atoms with Crippen LogP contribution in [0.1, 0.15) is 51.9 Å². The van der Waals surface area contributed by atoms with Gasteiger partial charge in [-0.3, -0.25) is 4.90 Å². The van der Waals surface area contributed by atoms with Gasteiger partial charge in [0, 0.05) is 31.3 Å². The second-order valence-corrected chi connectivity index (χ2v) is 10.2. The molecule has 0 aromatic heterocycles. The van der Waals surface area contributed by atoms with E-state index in [9.17, 15) is 10.2 Å². The Bertz CT molecular complexity index is 532. The summed E-state index contributed by atoms with van der Waals surface area (Å²) < 4.78 is 5.41. The minimum atomic E-state index is -0.357. The van der Waals surface area contributed by atoms with E-state index in [0.717, 1.165) is 52.0 Å². The molecule has 0 aromatic rings. The SMILES string of the molecule is CCCCC[C@H](O)C=C[C@@H]1[C@H]2CC(CCSCCN3CCOCC3)=C[C@H]2C[C@H]1O. The van der Waals surface area contributed by atoms with Crippen LogP contribution in [0.4, 0.5) is 0 Å². The van der Waals surface area contributed by atoms with Gasteiger partial charge in [-0.05, 0) is 43.3 Å². The lowest BCUT2D eigenvalue weighted by atomic mass is 9.88. The number of nitrogens with zero attached hydrogens (tertiary/aromatic N) is 1. The maximum atomic E-state index is 10.5. The number of hydrogen-bond acceptors (Lipinski definition) is 5. The van der Waals surface area contributed by atoms with Crippen molar-refractivity contribution in [2.24, 2.45) is 17.8 Å². The Labute approximate surface area is 181 Å². The molecule has 1 saturated carbocycles. The fraction of sp³-hybridized carbons (Fsp3) is 0.833. The number of morpholine rings is 1. The van der Waals surface area contributed by atoms with Crippen LogP contribution in [-0.2, 0) is 4.74 Å². The third-order valence-corrected chi connectivity index (χ3v) is 7.80. The number of unbranched alkanes of at least 4 members (excludes halogenated alkanes) is 2. The first kappa shape index (κ1) is 23.3.